The summed E-state index contributed by atoms with van der Waals surface area (Å²) >= 11 is 4.00. The van der Waals surface area contributed by atoms with Gasteiger partial charge in [-0.1, -0.05) is 30.3 Å². The highest BCUT2D eigenvalue weighted by Crippen LogP contribution is 2.03. The Labute approximate surface area is 177 Å². The van der Waals surface area contributed by atoms with Crippen LogP contribution >= 0.6 is 12.6 Å². The number of thiol groups is 1. The van der Waals surface area contributed by atoms with Gasteiger partial charge in [-0.15, -0.1) is 0 Å². The van der Waals surface area contributed by atoms with E-state index in [9.17, 15) is 24.0 Å². The Hall–Kier alpha value is -3.12. The number of carbonyl (C=O) groups excluding carboxylic acids is 3. The molecule has 0 fully saturated rings. The summed E-state index contributed by atoms with van der Waals surface area (Å²) in [5.41, 5.74) is 6.69. The molecular weight excluding hydrogens is 416 g/mol. The molecule has 1 aromatic rings. The van der Waals surface area contributed by atoms with Crippen LogP contribution in [0.1, 0.15) is 12.0 Å². The molecule has 0 bridgehead atoms. The second-order valence-electron chi connectivity index (χ2n) is 6.31. The Balaban J connectivity index is 2.73. The quantitative estimate of drug-likeness (QED) is 0.184. The number of carbonyl (C=O) groups is 5. The predicted octanol–water partition coefficient (Wildman–Crippen LogP) is -1.87. The first kappa shape index (κ1) is 24.9. The lowest BCUT2D eigenvalue weighted by atomic mass is 10.1. The summed E-state index contributed by atoms with van der Waals surface area (Å²) in [5.74, 6) is -5.34. The summed E-state index contributed by atoms with van der Waals surface area (Å²) in [7, 11) is 0. The topological polar surface area (TPSA) is 188 Å². The lowest BCUT2D eigenvalue weighted by Gasteiger charge is -2.22. The molecule has 0 radical (unpaired) electrons. The molecule has 0 aromatic heterocycles. The average Bonchev–Trinajstić information content (AvgIpc) is 2.69. The molecule has 0 aliphatic rings. The number of rotatable bonds is 12. The van der Waals surface area contributed by atoms with Crippen LogP contribution < -0.4 is 21.7 Å². The lowest BCUT2D eigenvalue weighted by molar-refractivity contribution is -0.141. The minimum atomic E-state index is -1.54. The van der Waals surface area contributed by atoms with Gasteiger partial charge in [0, 0.05) is 5.75 Å². The van der Waals surface area contributed by atoms with Gasteiger partial charge in [-0.05, 0) is 12.0 Å². The fourth-order valence-corrected chi connectivity index (χ4v) is 2.63. The van der Waals surface area contributed by atoms with Crippen LogP contribution in [-0.2, 0) is 30.4 Å². The molecule has 0 saturated carbocycles. The summed E-state index contributed by atoms with van der Waals surface area (Å²) in [6, 6.07) is 5.32. The van der Waals surface area contributed by atoms with E-state index in [2.05, 4.69) is 23.3 Å². The van der Waals surface area contributed by atoms with Crippen LogP contribution in [-0.4, -0.2) is 70.3 Å². The average molecular weight is 440 g/mol. The third kappa shape index (κ3) is 8.92. The van der Waals surface area contributed by atoms with Gasteiger partial charge >= 0.3 is 11.9 Å². The van der Waals surface area contributed by atoms with Crippen LogP contribution in [0.2, 0.25) is 0 Å². The van der Waals surface area contributed by atoms with Crippen LogP contribution in [0.5, 0.6) is 0 Å². The smallest absolute Gasteiger partial charge is 0.322 e. The summed E-state index contributed by atoms with van der Waals surface area (Å²) in [4.78, 5) is 58.2. The minimum Gasteiger partial charge on any atom is -0.481 e. The lowest BCUT2D eigenvalue weighted by Crippen LogP contribution is -2.57. The molecule has 0 aliphatic carbocycles. The molecular formula is C18H24N4O7S. The van der Waals surface area contributed by atoms with E-state index in [1.54, 1.807) is 24.3 Å². The fraction of sp³-hybridized carbons (Fsp3) is 0.389. The molecule has 164 valence electrons. The Morgan fingerprint density at radius 3 is 2.03 bits per heavy atom. The molecule has 0 heterocycles. The van der Waals surface area contributed by atoms with Crippen molar-refractivity contribution in [2.45, 2.75) is 31.0 Å². The zero-order valence-electron chi connectivity index (χ0n) is 15.9. The Kier molecular flexibility index (Phi) is 10.3. The third-order valence-corrected chi connectivity index (χ3v) is 4.24. The first-order chi connectivity index (χ1) is 14.1. The number of benzene rings is 1. The Morgan fingerprint density at radius 2 is 1.50 bits per heavy atom. The van der Waals surface area contributed by atoms with Crippen molar-refractivity contribution in [3.8, 4) is 0 Å². The maximum Gasteiger partial charge on any atom is 0.322 e. The number of amides is 3. The zero-order valence-corrected chi connectivity index (χ0v) is 16.8. The second-order valence-corrected chi connectivity index (χ2v) is 6.68. The molecule has 30 heavy (non-hydrogen) atoms. The van der Waals surface area contributed by atoms with Crippen LogP contribution in [0.3, 0.4) is 0 Å². The highest BCUT2D eigenvalue weighted by Gasteiger charge is 2.29. The van der Waals surface area contributed by atoms with Crippen molar-refractivity contribution in [1.29, 1.82) is 0 Å². The van der Waals surface area contributed by atoms with E-state index in [4.69, 9.17) is 15.9 Å². The molecule has 0 saturated heterocycles. The van der Waals surface area contributed by atoms with E-state index in [0.29, 0.717) is 0 Å². The van der Waals surface area contributed by atoms with Gasteiger partial charge < -0.3 is 31.9 Å². The van der Waals surface area contributed by atoms with Gasteiger partial charge in [0.15, 0.2) is 0 Å². The van der Waals surface area contributed by atoms with Crippen molar-refractivity contribution in [3.05, 3.63) is 35.9 Å². The molecule has 0 spiro atoms. The number of hydrogen-bond acceptors (Lipinski definition) is 7. The van der Waals surface area contributed by atoms with E-state index in [-0.39, 0.29) is 12.2 Å². The largest absolute Gasteiger partial charge is 0.481 e. The highest BCUT2D eigenvalue weighted by molar-refractivity contribution is 7.80. The van der Waals surface area contributed by atoms with Crippen molar-refractivity contribution in [2.24, 2.45) is 5.73 Å². The third-order valence-electron chi connectivity index (χ3n) is 3.88. The SMILES string of the molecule is NC(Cc1ccccc1)C(=O)NC(CS)C(=O)NC(CC(=O)O)C(=O)NCC(=O)O. The van der Waals surface area contributed by atoms with Crippen molar-refractivity contribution in [2.75, 3.05) is 12.3 Å². The van der Waals surface area contributed by atoms with Gasteiger partial charge in [0.1, 0.15) is 18.6 Å². The highest BCUT2D eigenvalue weighted by atomic mass is 32.1. The van der Waals surface area contributed by atoms with Crippen molar-refractivity contribution in [3.63, 3.8) is 0 Å². The summed E-state index contributed by atoms with van der Waals surface area (Å²) in [5, 5.41) is 24.1. The van der Waals surface area contributed by atoms with Crippen LogP contribution in [0, 0.1) is 0 Å². The van der Waals surface area contributed by atoms with Crippen molar-refractivity contribution in [1.82, 2.24) is 16.0 Å². The Bertz CT molecular complexity index is 775. The van der Waals surface area contributed by atoms with Crippen LogP contribution in [0.15, 0.2) is 30.3 Å². The number of carboxylic acids is 2. The van der Waals surface area contributed by atoms with Gasteiger partial charge in [-0.25, -0.2) is 0 Å². The molecule has 12 heteroatoms. The molecule has 0 aliphatic heterocycles. The molecule has 3 amide bonds. The van der Waals surface area contributed by atoms with Gasteiger partial charge in [0.2, 0.25) is 17.7 Å². The van der Waals surface area contributed by atoms with Crippen LogP contribution in [0.25, 0.3) is 0 Å². The minimum absolute atomic E-state index is 0.147. The fourth-order valence-electron chi connectivity index (χ4n) is 2.38. The summed E-state index contributed by atoms with van der Waals surface area (Å²) < 4.78 is 0. The number of carboxylic acid groups (broad SMARTS) is 2. The van der Waals surface area contributed by atoms with E-state index >= 15 is 0 Å². The number of hydrogen-bond donors (Lipinski definition) is 7. The summed E-state index contributed by atoms with van der Waals surface area (Å²) in [6.07, 6.45) is -0.551. The second kappa shape index (κ2) is 12.4. The number of nitrogens with two attached hydrogens (primary N) is 1. The first-order valence-electron chi connectivity index (χ1n) is 8.86. The van der Waals surface area contributed by atoms with Gasteiger partial charge in [0.25, 0.3) is 0 Å². The number of aliphatic carboxylic acids is 2. The van der Waals surface area contributed by atoms with E-state index < -0.39 is 60.8 Å². The van der Waals surface area contributed by atoms with E-state index in [1.165, 1.54) is 0 Å². The van der Waals surface area contributed by atoms with Gasteiger partial charge in [-0.2, -0.15) is 12.6 Å². The molecule has 3 atom stereocenters. The van der Waals surface area contributed by atoms with Crippen molar-refractivity contribution >= 4 is 42.3 Å². The summed E-state index contributed by atoms with van der Waals surface area (Å²) in [6.45, 7) is -0.744. The van der Waals surface area contributed by atoms with Crippen LogP contribution in [0.4, 0.5) is 0 Å². The monoisotopic (exact) mass is 440 g/mol. The van der Waals surface area contributed by atoms with Gasteiger partial charge in [0.05, 0.1) is 12.5 Å². The molecule has 1 aromatic carbocycles. The maximum absolute atomic E-state index is 12.4. The maximum atomic E-state index is 12.4. The molecule has 3 unspecified atom stereocenters. The standard InChI is InChI=1S/C18H24N4O7S/c19-11(6-10-4-2-1-3-5-10)16(27)22-13(9-30)18(29)21-12(7-14(23)24)17(28)20-8-15(25)26/h1-5,11-13,30H,6-9,19H2,(H,20,28)(H,21,29)(H,22,27)(H,23,24)(H,25,26). The normalized spacial score (nSPS) is 13.4. The first-order valence-corrected chi connectivity index (χ1v) is 9.49. The zero-order chi connectivity index (χ0) is 22.7. The molecule has 7 N–H and O–H groups in total. The molecule has 1 rings (SSSR count). The van der Waals surface area contributed by atoms with E-state index in [0.717, 1.165) is 5.56 Å². The van der Waals surface area contributed by atoms with Crippen molar-refractivity contribution < 1.29 is 34.2 Å². The Morgan fingerprint density at radius 1 is 0.900 bits per heavy atom. The predicted molar refractivity (Wildman–Crippen MR) is 109 cm³/mol. The number of nitrogens with one attached hydrogen (secondary N) is 3. The van der Waals surface area contributed by atoms with Gasteiger partial charge in [-0.3, -0.25) is 24.0 Å². The molecule has 11 nitrogen and oxygen atoms in total. The van der Waals surface area contributed by atoms with E-state index in [1.807, 2.05) is 11.4 Å².